The minimum Gasteiger partial charge on any atom is -0.444 e. The molecule has 1 heterocycles. The predicted molar refractivity (Wildman–Crippen MR) is 93.1 cm³/mol. The van der Waals surface area contributed by atoms with Crippen molar-refractivity contribution in [3.8, 4) is 11.3 Å². The van der Waals surface area contributed by atoms with E-state index in [4.69, 9.17) is 4.42 Å². The highest BCUT2D eigenvalue weighted by Gasteiger charge is 2.07. The summed E-state index contributed by atoms with van der Waals surface area (Å²) < 4.78 is 6.58. The lowest BCUT2D eigenvalue weighted by molar-refractivity contribution is 0.572. The molecule has 2 aromatic carbocycles. The van der Waals surface area contributed by atoms with E-state index >= 15 is 0 Å². The lowest BCUT2D eigenvalue weighted by Gasteiger charge is -2.16. The Balaban J connectivity index is 1.78. The maximum atomic E-state index is 5.34. The highest BCUT2D eigenvalue weighted by atomic mass is 127. The second-order valence-corrected chi connectivity index (χ2v) is 6.11. The molecule has 1 N–H and O–H groups in total. The Morgan fingerprint density at radius 1 is 1.14 bits per heavy atom. The SMILES string of the molecule is CC(Nc1cccc(-c2cnco2)c1)c1ccc(I)cc1. The van der Waals surface area contributed by atoms with Crippen molar-refractivity contribution in [1.29, 1.82) is 0 Å². The van der Waals surface area contributed by atoms with Crippen molar-refractivity contribution in [1.82, 2.24) is 4.98 Å². The molecule has 0 aliphatic carbocycles. The van der Waals surface area contributed by atoms with Crippen molar-refractivity contribution in [2.75, 3.05) is 5.32 Å². The van der Waals surface area contributed by atoms with Gasteiger partial charge in [0.15, 0.2) is 12.2 Å². The number of nitrogens with one attached hydrogen (secondary N) is 1. The van der Waals surface area contributed by atoms with Gasteiger partial charge in [-0.3, -0.25) is 0 Å². The Morgan fingerprint density at radius 3 is 2.67 bits per heavy atom. The topological polar surface area (TPSA) is 38.1 Å². The van der Waals surface area contributed by atoms with Crippen molar-refractivity contribution >= 4 is 28.3 Å². The summed E-state index contributed by atoms with van der Waals surface area (Å²) in [6.45, 7) is 2.16. The largest absolute Gasteiger partial charge is 0.444 e. The number of rotatable bonds is 4. The van der Waals surface area contributed by atoms with Crippen molar-refractivity contribution in [2.45, 2.75) is 13.0 Å². The van der Waals surface area contributed by atoms with Gasteiger partial charge in [0.1, 0.15) is 0 Å². The Bertz CT molecular complexity index is 708. The fraction of sp³-hybridized carbons (Fsp3) is 0.118. The van der Waals surface area contributed by atoms with E-state index in [1.54, 1.807) is 6.20 Å². The van der Waals surface area contributed by atoms with Crippen molar-refractivity contribution in [3.63, 3.8) is 0 Å². The molecule has 0 saturated heterocycles. The molecule has 0 spiro atoms. The molecule has 3 nitrogen and oxygen atoms in total. The fourth-order valence-electron chi connectivity index (χ4n) is 2.21. The van der Waals surface area contributed by atoms with Crippen LogP contribution in [-0.2, 0) is 0 Å². The fourth-order valence-corrected chi connectivity index (χ4v) is 2.56. The second kappa shape index (κ2) is 6.30. The van der Waals surface area contributed by atoms with E-state index in [2.05, 4.69) is 76.2 Å². The third-order valence-electron chi connectivity index (χ3n) is 3.33. The van der Waals surface area contributed by atoms with Crippen molar-refractivity contribution in [2.24, 2.45) is 0 Å². The molecular weight excluding hydrogens is 375 g/mol. The highest BCUT2D eigenvalue weighted by Crippen LogP contribution is 2.25. The van der Waals surface area contributed by atoms with Crippen molar-refractivity contribution in [3.05, 3.63) is 70.3 Å². The summed E-state index contributed by atoms with van der Waals surface area (Å²) in [6, 6.07) is 17.0. The predicted octanol–water partition coefficient (Wildman–Crippen LogP) is 5.12. The minimum absolute atomic E-state index is 0.243. The average Bonchev–Trinajstić information content (AvgIpc) is 3.02. The van der Waals surface area contributed by atoms with E-state index in [-0.39, 0.29) is 6.04 Å². The van der Waals surface area contributed by atoms with Gasteiger partial charge in [-0.05, 0) is 59.3 Å². The molecule has 106 valence electrons. The molecule has 0 fully saturated rings. The summed E-state index contributed by atoms with van der Waals surface area (Å²) in [7, 11) is 0. The zero-order chi connectivity index (χ0) is 14.7. The molecule has 1 unspecified atom stereocenters. The summed E-state index contributed by atoms with van der Waals surface area (Å²) in [5, 5.41) is 3.52. The van der Waals surface area contributed by atoms with E-state index in [1.165, 1.54) is 15.5 Å². The smallest absolute Gasteiger partial charge is 0.181 e. The Hall–Kier alpha value is -1.82. The standard InChI is InChI=1S/C17H15IN2O/c1-12(13-5-7-15(18)8-6-13)20-16-4-2-3-14(9-16)17-10-19-11-21-17/h2-12,20H,1H3. The third kappa shape index (κ3) is 3.44. The van der Waals surface area contributed by atoms with Crippen molar-refractivity contribution < 1.29 is 4.42 Å². The lowest BCUT2D eigenvalue weighted by atomic mass is 10.1. The molecule has 0 aliphatic rings. The summed E-state index contributed by atoms with van der Waals surface area (Å²) in [5.74, 6) is 0.778. The maximum absolute atomic E-state index is 5.34. The Labute approximate surface area is 137 Å². The van der Waals surface area contributed by atoms with Crippen LogP contribution in [0, 0.1) is 3.57 Å². The van der Waals surface area contributed by atoms with Gasteiger partial charge in [-0.2, -0.15) is 0 Å². The number of oxazole rings is 1. The van der Waals surface area contributed by atoms with E-state index < -0.39 is 0 Å². The molecule has 0 radical (unpaired) electrons. The van der Waals surface area contributed by atoms with Gasteiger partial charge >= 0.3 is 0 Å². The second-order valence-electron chi connectivity index (χ2n) is 4.86. The average molecular weight is 390 g/mol. The normalized spacial score (nSPS) is 12.1. The van der Waals surface area contributed by atoms with Gasteiger partial charge in [-0.15, -0.1) is 0 Å². The summed E-state index contributed by atoms with van der Waals surface area (Å²) in [4.78, 5) is 3.96. The van der Waals surface area contributed by atoms with E-state index in [9.17, 15) is 0 Å². The lowest BCUT2D eigenvalue weighted by Crippen LogP contribution is -2.06. The maximum Gasteiger partial charge on any atom is 0.181 e. The van der Waals surface area contributed by atoms with Gasteiger partial charge in [0.05, 0.1) is 6.20 Å². The van der Waals surface area contributed by atoms with Crippen LogP contribution < -0.4 is 5.32 Å². The monoisotopic (exact) mass is 390 g/mol. The first-order valence-corrected chi connectivity index (χ1v) is 7.81. The number of benzene rings is 2. The van der Waals surface area contributed by atoms with Crippen LogP contribution in [-0.4, -0.2) is 4.98 Å². The molecule has 0 amide bonds. The van der Waals surface area contributed by atoms with Gasteiger partial charge in [0, 0.05) is 20.9 Å². The molecule has 3 aromatic rings. The van der Waals surface area contributed by atoms with E-state index in [0.29, 0.717) is 0 Å². The molecule has 0 aliphatic heterocycles. The highest BCUT2D eigenvalue weighted by molar-refractivity contribution is 14.1. The third-order valence-corrected chi connectivity index (χ3v) is 4.05. The van der Waals surface area contributed by atoms with Crippen LogP contribution in [0.25, 0.3) is 11.3 Å². The number of aromatic nitrogens is 1. The van der Waals surface area contributed by atoms with Crippen LogP contribution in [0.1, 0.15) is 18.5 Å². The number of halogens is 1. The molecule has 1 atom stereocenters. The van der Waals surface area contributed by atoms with Crippen LogP contribution in [0.5, 0.6) is 0 Å². The number of hydrogen-bond acceptors (Lipinski definition) is 3. The first kappa shape index (κ1) is 14.1. The first-order valence-electron chi connectivity index (χ1n) is 6.73. The Kier molecular flexibility index (Phi) is 4.24. The molecule has 21 heavy (non-hydrogen) atoms. The molecular formula is C17H15IN2O. The Morgan fingerprint density at radius 2 is 1.95 bits per heavy atom. The molecule has 3 rings (SSSR count). The van der Waals surface area contributed by atoms with E-state index in [0.717, 1.165) is 17.0 Å². The van der Waals surface area contributed by atoms with Crippen LogP contribution in [0.4, 0.5) is 5.69 Å². The zero-order valence-electron chi connectivity index (χ0n) is 11.6. The molecule has 1 aromatic heterocycles. The van der Waals surface area contributed by atoms with Crippen LogP contribution >= 0.6 is 22.6 Å². The molecule has 4 heteroatoms. The minimum atomic E-state index is 0.243. The molecule has 0 saturated carbocycles. The van der Waals surface area contributed by atoms with Gasteiger partial charge < -0.3 is 9.73 Å². The number of anilines is 1. The van der Waals surface area contributed by atoms with Crippen LogP contribution in [0.15, 0.2) is 65.5 Å². The van der Waals surface area contributed by atoms with E-state index in [1.807, 2.05) is 12.1 Å². The van der Waals surface area contributed by atoms with Gasteiger partial charge in [-0.1, -0.05) is 24.3 Å². The van der Waals surface area contributed by atoms with Crippen LogP contribution in [0.3, 0.4) is 0 Å². The zero-order valence-corrected chi connectivity index (χ0v) is 13.7. The van der Waals surface area contributed by atoms with Gasteiger partial charge in [-0.25, -0.2) is 4.98 Å². The van der Waals surface area contributed by atoms with Gasteiger partial charge in [0.25, 0.3) is 0 Å². The molecule has 0 bridgehead atoms. The summed E-state index contributed by atoms with van der Waals surface area (Å²) in [5.41, 5.74) is 3.35. The van der Waals surface area contributed by atoms with Crippen LogP contribution in [0.2, 0.25) is 0 Å². The number of hydrogen-bond donors (Lipinski definition) is 1. The first-order chi connectivity index (χ1) is 10.2. The quantitative estimate of drug-likeness (QED) is 0.629. The van der Waals surface area contributed by atoms with Gasteiger partial charge in [0.2, 0.25) is 0 Å². The number of nitrogens with zero attached hydrogens (tertiary/aromatic N) is 1. The summed E-state index contributed by atoms with van der Waals surface area (Å²) in [6.07, 6.45) is 3.17. The summed E-state index contributed by atoms with van der Waals surface area (Å²) >= 11 is 2.32.